The van der Waals surface area contributed by atoms with Crippen LogP contribution < -0.4 is 0 Å². The quantitative estimate of drug-likeness (QED) is 0.528. The van der Waals surface area contributed by atoms with E-state index in [1.807, 2.05) is 13.8 Å². The molecule has 3 atom stereocenters. The van der Waals surface area contributed by atoms with Crippen molar-refractivity contribution in [2.24, 2.45) is 17.8 Å². The lowest BCUT2D eigenvalue weighted by molar-refractivity contribution is -0.156. The summed E-state index contributed by atoms with van der Waals surface area (Å²) in [7, 11) is 0. The van der Waals surface area contributed by atoms with Gasteiger partial charge in [-0.05, 0) is 42.7 Å². The van der Waals surface area contributed by atoms with Crippen molar-refractivity contribution >= 4 is 23.7 Å². The second-order valence-electron chi connectivity index (χ2n) is 9.02. The molecule has 30 heavy (non-hydrogen) atoms. The van der Waals surface area contributed by atoms with Crippen LogP contribution in [0.15, 0.2) is 24.3 Å². The number of rotatable bonds is 6. The second kappa shape index (κ2) is 8.98. The van der Waals surface area contributed by atoms with Crippen molar-refractivity contribution in [2.45, 2.75) is 46.6 Å². The molecule has 0 aromatic heterocycles. The zero-order valence-electron chi connectivity index (χ0n) is 18.1. The molecule has 0 spiro atoms. The lowest BCUT2D eigenvalue weighted by atomic mass is 9.92. The van der Waals surface area contributed by atoms with Crippen molar-refractivity contribution < 1.29 is 23.9 Å². The number of carbonyl (C=O) groups excluding carboxylic acids is 4. The van der Waals surface area contributed by atoms with E-state index >= 15 is 0 Å². The number of benzene rings is 1. The van der Waals surface area contributed by atoms with Crippen LogP contribution in [0.25, 0.3) is 0 Å². The molecule has 7 nitrogen and oxygen atoms in total. The Morgan fingerprint density at radius 3 is 2.07 bits per heavy atom. The van der Waals surface area contributed by atoms with E-state index in [1.165, 1.54) is 0 Å². The maximum absolute atomic E-state index is 12.9. The molecule has 0 saturated carbocycles. The first-order valence-corrected chi connectivity index (χ1v) is 10.6. The number of amides is 3. The van der Waals surface area contributed by atoms with Gasteiger partial charge < -0.3 is 9.64 Å². The molecule has 0 unspecified atom stereocenters. The monoisotopic (exact) mass is 414 g/mol. The lowest BCUT2D eigenvalue weighted by Crippen LogP contribution is -2.48. The van der Waals surface area contributed by atoms with E-state index in [-0.39, 0.29) is 36.0 Å². The molecule has 1 saturated heterocycles. The van der Waals surface area contributed by atoms with E-state index in [0.717, 1.165) is 11.3 Å². The van der Waals surface area contributed by atoms with Crippen molar-refractivity contribution in [2.75, 3.05) is 19.7 Å². The van der Waals surface area contributed by atoms with Gasteiger partial charge in [-0.15, -0.1) is 0 Å². The molecule has 1 aromatic rings. The van der Waals surface area contributed by atoms with E-state index in [4.69, 9.17) is 4.74 Å². The number of fused-ring (bicyclic) bond motifs is 1. The van der Waals surface area contributed by atoms with Crippen molar-refractivity contribution in [1.29, 1.82) is 0 Å². The highest BCUT2D eigenvalue weighted by Crippen LogP contribution is 2.27. The number of esters is 1. The third-order valence-corrected chi connectivity index (χ3v) is 5.66. The molecule has 1 fully saturated rings. The van der Waals surface area contributed by atoms with Gasteiger partial charge in [-0.1, -0.05) is 39.8 Å². The maximum Gasteiger partial charge on any atom is 0.329 e. The van der Waals surface area contributed by atoms with Crippen molar-refractivity contribution in [3.05, 3.63) is 35.4 Å². The molecule has 7 heteroatoms. The van der Waals surface area contributed by atoms with Crippen molar-refractivity contribution in [3.63, 3.8) is 0 Å². The molecular weight excluding hydrogens is 384 g/mol. The van der Waals surface area contributed by atoms with Gasteiger partial charge in [0.05, 0.1) is 11.1 Å². The zero-order valence-corrected chi connectivity index (χ0v) is 18.1. The molecule has 0 radical (unpaired) electrons. The first-order chi connectivity index (χ1) is 14.2. The van der Waals surface area contributed by atoms with Crippen molar-refractivity contribution in [3.8, 4) is 0 Å². The Kier molecular flexibility index (Phi) is 6.58. The number of nitrogens with zero attached hydrogens (tertiary/aromatic N) is 2. The Hall–Kier alpha value is -2.70. The minimum Gasteiger partial charge on any atom is -0.454 e. The van der Waals surface area contributed by atoms with E-state index in [2.05, 4.69) is 13.8 Å². The topological polar surface area (TPSA) is 84.0 Å². The minimum atomic E-state index is -1.05. The molecule has 2 aliphatic rings. The number of imide groups is 1. The Balaban J connectivity index is 1.70. The average Bonchev–Trinajstić information content (AvgIpc) is 2.94. The number of likely N-dealkylation sites (tertiary alicyclic amines) is 1. The Morgan fingerprint density at radius 2 is 1.57 bits per heavy atom. The fraction of sp³-hybridized carbons (Fsp3) is 0.565. The van der Waals surface area contributed by atoms with E-state index in [9.17, 15) is 19.2 Å². The normalized spacial score (nSPS) is 22.3. The van der Waals surface area contributed by atoms with Gasteiger partial charge in [-0.2, -0.15) is 0 Å². The summed E-state index contributed by atoms with van der Waals surface area (Å²) in [6.45, 7) is 8.92. The first-order valence-electron chi connectivity index (χ1n) is 10.6. The van der Waals surface area contributed by atoms with E-state index in [0.29, 0.717) is 24.9 Å². The number of carbonyl (C=O) groups is 4. The number of hydrogen-bond donors (Lipinski definition) is 0. The SMILES string of the molecule is CC(C)C[C@H](C(=O)OCC(=O)N1C[C@H](C)C[C@H](C)C1)N1C(=O)c2ccccc2C1=O. The average molecular weight is 415 g/mol. The summed E-state index contributed by atoms with van der Waals surface area (Å²) in [6.07, 6.45) is 1.34. The molecule has 162 valence electrons. The van der Waals surface area contributed by atoms with Crippen LogP contribution in [-0.2, 0) is 14.3 Å². The number of ether oxygens (including phenoxy) is 1. The van der Waals surface area contributed by atoms with Gasteiger partial charge in [0.25, 0.3) is 17.7 Å². The largest absolute Gasteiger partial charge is 0.454 e. The Labute approximate surface area is 177 Å². The summed E-state index contributed by atoms with van der Waals surface area (Å²) in [5.74, 6) is -1.10. The van der Waals surface area contributed by atoms with Crippen LogP contribution in [0.5, 0.6) is 0 Å². The molecule has 1 aromatic carbocycles. The standard InChI is InChI=1S/C23H30N2O5/c1-14(2)9-19(25-21(27)17-7-5-6-8-18(17)22(25)28)23(29)30-13-20(26)24-11-15(3)10-16(4)12-24/h5-8,14-16,19H,9-13H2,1-4H3/t15-,16+,19-/m1/s1. The van der Waals surface area contributed by atoms with Crippen molar-refractivity contribution in [1.82, 2.24) is 9.80 Å². The van der Waals surface area contributed by atoms with Crippen LogP contribution in [0.1, 0.15) is 61.3 Å². The molecule has 3 rings (SSSR count). The third kappa shape index (κ3) is 4.55. The summed E-state index contributed by atoms with van der Waals surface area (Å²) in [5, 5.41) is 0. The molecular formula is C23H30N2O5. The number of hydrogen-bond acceptors (Lipinski definition) is 5. The van der Waals surface area contributed by atoms with Gasteiger partial charge in [-0.3, -0.25) is 19.3 Å². The predicted molar refractivity (Wildman–Crippen MR) is 111 cm³/mol. The van der Waals surface area contributed by atoms with Gasteiger partial charge in [0.2, 0.25) is 0 Å². The first kappa shape index (κ1) is 22.0. The molecule has 2 heterocycles. The highest BCUT2D eigenvalue weighted by Gasteiger charge is 2.43. The Morgan fingerprint density at radius 1 is 1.03 bits per heavy atom. The molecule has 0 aliphatic carbocycles. The van der Waals surface area contributed by atoms with Crippen LogP contribution in [0.3, 0.4) is 0 Å². The molecule has 2 aliphatic heterocycles. The van der Waals surface area contributed by atoms with E-state index < -0.39 is 23.8 Å². The predicted octanol–water partition coefficient (Wildman–Crippen LogP) is 2.75. The zero-order chi connectivity index (χ0) is 22.0. The van der Waals surface area contributed by atoms with Gasteiger partial charge >= 0.3 is 5.97 Å². The highest BCUT2D eigenvalue weighted by molar-refractivity contribution is 6.22. The molecule has 3 amide bonds. The smallest absolute Gasteiger partial charge is 0.329 e. The van der Waals surface area contributed by atoms with Crippen LogP contribution in [0.2, 0.25) is 0 Å². The Bertz CT molecular complexity index is 805. The van der Waals surface area contributed by atoms with Crippen LogP contribution in [0, 0.1) is 17.8 Å². The fourth-order valence-corrected chi connectivity index (χ4v) is 4.43. The highest BCUT2D eigenvalue weighted by atomic mass is 16.5. The minimum absolute atomic E-state index is 0.0476. The lowest BCUT2D eigenvalue weighted by Gasteiger charge is -2.35. The summed E-state index contributed by atoms with van der Waals surface area (Å²) < 4.78 is 5.32. The van der Waals surface area contributed by atoms with E-state index in [1.54, 1.807) is 29.2 Å². The second-order valence-corrected chi connectivity index (χ2v) is 9.02. The van der Waals surface area contributed by atoms with Crippen LogP contribution in [0.4, 0.5) is 0 Å². The number of piperidine rings is 1. The maximum atomic E-state index is 12.9. The van der Waals surface area contributed by atoms with Crippen LogP contribution in [-0.4, -0.2) is 59.2 Å². The summed E-state index contributed by atoms with van der Waals surface area (Å²) >= 11 is 0. The summed E-state index contributed by atoms with van der Waals surface area (Å²) in [4.78, 5) is 53.8. The molecule has 0 bridgehead atoms. The molecule has 0 N–H and O–H groups in total. The van der Waals surface area contributed by atoms with Gasteiger partial charge in [0.15, 0.2) is 6.61 Å². The van der Waals surface area contributed by atoms with Crippen LogP contribution >= 0.6 is 0 Å². The summed E-state index contributed by atoms with van der Waals surface area (Å²) in [5.41, 5.74) is 0.577. The summed E-state index contributed by atoms with van der Waals surface area (Å²) in [6, 6.07) is 5.47. The van der Waals surface area contributed by atoms with Gasteiger partial charge in [-0.25, -0.2) is 4.79 Å². The fourth-order valence-electron chi connectivity index (χ4n) is 4.43. The van der Waals surface area contributed by atoms with Gasteiger partial charge in [0, 0.05) is 13.1 Å². The third-order valence-electron chi connectivity index (χ3n) is 5.66. The van der Waals surface area contributed by atoms with Gasteiger partial charge in [0.1, 0.15) is 6.04 Å².